The number of carbonyl (C=O) groups is 2. The Bertz CT molecular complexity index is 1080. The number of carbonyl (C=O) groups excluding carboxylic acids is 2. The van der Waals surface area contributed by atoms with E-state index in [2.05, 4.69) is 10.2 Å². The van der Waals surface area contributed by atoms with Crippen LogP contribution in [0.1, 0.15) is 23.2 Å². The second-order valence-corrected chi connectivity index (χ2v) is 7.29. The molecule has 28 heavy (non-hydrogen) atoms. The summed E-state index contributed by atoms with van der Waals surface area (Å²) >= 11 is 0. The Morgan fingerprint density at radius 1 is 1.18 bits per heavy atom. The van der Waals surface area contributed by atoms with Gasteiger partial charge in [-0.2, -0.15) is 0 Å². The fourth-order valence-corrected chi connectivity index (χ4v) is 3.86. The van der Waals surface area contributed by atoms with Crippen LogP contribution >= 0.6 is 0 Å². The Morgan fingerprint density at radius 3 is 2.68 bits per heavy atom. The van der Waals surface area contributed by atoms with E-state index < -0.39 is 11.8 Å². The average Bonchev–Trinajstić information content (AvgIpc) is 3.40. The summed E-state index contributed by atoms with van der Waals surface area (Å²) in [5, 5.41) is 8.47. The van der Waals surface area contributed by atoms with Crippen molar-refractivity contribution in [1.29, 1.82) is 0 Å². The molecular formula is C19H19N5O4. The minimum atomic E-state index is -0.619. The highest BCUT2D eigenvalue weighted by molar-refractivity contribution is 5.94. The molecule has 2 fully saturated rings. The highest BCUT2D eigenvalue weighted by Gasteiger charge is 2.45. The Morgan fingerprint density at radius 2 is 2.00 bits per heavy atom. The zero-order valence-corrected chi connectivity index (χ0v) is 15.4. The number of amides is 1. The number of rotatable bonds is 2. The number of pyridine rings is 1. The summed E-state index contributed by atoms with van der Waals surface area (Å²) in [6, 6.07) is 7.46. The molecule has 0 saturated carbocycles. The molecule has 1 amide bonds. The first-order valence-corrected chi connectivity index (χ1v) is 9.16. The Balaban J connectivity index is 1.40. The van der Waals surface area contributed by atoms with Crippen molar-refractivity contribution in [2.24, 2.45) is 7.05 Å². The number of hydrogen-bond acceptors (Lipinski definition) is 6. The summed E-state index contributed by atoms with van der Waals surface area (Å²) in [6.07, 6.45) is 4.26. The van der Waals surface area contributed by atoms with E-state index in [4.69, 9.17) is 9.47 Å². The Hall–Kier alpha value is -3.36. The zero-order valence-electron chi connectivity index (χ0n) is 15.4. The topological polar surface area (TPSA) is 91.0 Å². The van der Waals surface area contributed by atoms with Crippen LogP contribution in [0.4, 0.5) is 4.79 Å². The van der Waals surface area contributed by atoms with Gasteiger partial charge in [0.2, 0.25) is 0 Å². The third kappa shape index (κ3) is 2.62. The number of nitrogens with zero attached hydrogens (tertiary/aromatic N) is 5. The number of fused-ring (bicyclic) bond motifs is 1. The number of piperidine rings is 1. The van der Waals surface area contributed by atoms with Gasteiger partial charge in [-0.1, -0.05) is 0 Å². The van der Waals surface area contributed by atoms with E-state index in [1.54, 1.807) is 23.2 Å². The van der Waals surface area contributed by atoms with Gasteiger partial charge in [-0.05, 0) is 24.3 Å². The first-order valence-electron chi connectivity index (χ1n) is 9.16. The van der Waals surface area contributed by atoms with Crippen molar-refractivity contribution < 1.29 is 19.1 Å². The van der Waals surface area contributed by atoms with Crippen LogP contribution in [0.3, 0.4) is 0 Å². The Kier molecular flexibility index (Phi) is 3.65. The molecule has 5 rings (SSSR count). The number of cyclic esters (lactones) is 1. The predicted octanol–water partition coefficient (Wildman–Crippen LogP) is 1.88. The van der Waals surface area contributed by atoms with Gasteiger partial charge in [-0.25, -0.2) is 4.79 Å². The lowest BCUT2D eigenvalue weighted by Gasteiger charge is -2.36. The van der Waals surface area contributed by atoms with Gasteiger partial charge in [0.1, 0.15) is 6.61 Å². The molecule has 2 saturated heterocycles. The van der Waals surface area contributed by atoms with Gasteiger partial charge in [0.25, 0.3) is 5.91 Å². The van der Waals surface area contributed by atoms with Gasteiger partial charge in [0.05, 0.1) is 11.3 Å². The molecule has 2 aliphatic heterocycles. The van der Waals surface area contributed by atoms with Crippen molar-refractivity contribution >= 4 is 17.7 Å². The molecule has 144 valence electrons. The second kappa shape index (κ2) is 6.08. The van der Waals surface area contributed by atoms with Crippen molar-refractivity contribution in [2.75, 3.05) is 19.7 Å². The van der Waals surface area contributed by atoms with Crippen LogP contribution in [-0.4, -0.2) is 61.4 Å². The first kappa shape index (κ1) is 16.8. The zero-order chi connectivity index (χ0) is 19.3. The molecule has 3 aromatic heterocycles. The number of ether oxygens (including phenoxy) is 2. The molecule has 0 N–H and O–H groups in total. The van der Waals surface area contributed by atoms with Crippen molar-refractivity contribution in [1.82, 2.24) is 24.1 Å². The summed E-state index contributed by atoms with van der Waals surface area (Å²) in [6.45, 7) is 1.29. The van der Waals surface area contributed by atoms with E-state index in [0.29, 0.717) is 43.0 Å². The molecular weight excluding hydrogens is 362 g/mol. The van der Waals surface area contributed by atoms with Crippen LogP contribution in [-0.2, 0) is 16.5 Å². The van der Waals surface area contributed by atoms with Crippen LogP contribution in [0.2, 0.25) is 0 Å². The predicted molar refractivity (Wildman–Crippen MR) is 97.7 cm³/mol. The molecule has 0 unspecified atom stereocenters. The average molecular weight is 381 g/mol. The summed E-state index contributed by atoms with van der Waals surface area (Å²) in [4.78, 5) is 26.1. The third-order valence-corrected chi connectivity index (χ3v) is 5.54. The van der Waals surface area contributed by atoms with E-state index in [1.807, 2.05) is 34.3 Å². The van der Waals surface area contributed by atoms with Gasteiger partial charge < -0.3 is 18.9 Å². The van der Waals surface area contributed by atoms with Gasteiger partial charge in [-0.3, -0.25) is 9.20 Å². The maximum atomic E-state index is 13.0. The van der Waals surface area contributed by atoms with Crippen molar-refractivity contribution in [3.63, 3.8) is 0 Å². The number of likely N-dealkylation sites (tertiary alicyclic amines) is 1. The molecule has 0 aromatic carbocycles. The number of hydrogen-bond donors (Lipinski definition) is 0. The van der Waals surface area contributed by atoms with Crippen LogP contribution in [0.5, 0.6) is 0 Å². The molecule has 0 bridgehead atoms. The maximum Gasteiger partial charge on any atom is 0.509 e. The van der Waals surface area contributed by atoms with Crippen LogP contribution < -0.4 is 0 Å². The molecule has 9 nitrogen and oxygen atoms in total. The number of aromatic nitrogens is 4. The highest BCUT2D eigenvalue weighted by atomic mass is 16.8. The lowest BCUT2D eigenvalue weighted by molar-refractivity contribution is 0.00280. The summed E-state index contributed by atoms with van der Waals surface area (Å²) in [5.41, 5.74) is 1.59. The minimum absolute atomic E-state index is 0.0616. The number of aryl methyl sites for hydroxylation is 1. The standard InChI is InChI=1S/C19H19N5O4/c1-22-8-2-3-14(22)16-21-20-15-5-4-13(11-24(15)16)17(25)23-9-6-19(7-10-23)12-27-18(26)28-19/h2-5,8,11H,6-7,9-10,12H2,1H3. The molecule has 1 spiro atoms. The lowest BCUT2D eigenvalue weighted by atomic mass is 9.92. The van der Waals surface area contributed by atoms with Crippen LogP contribution in [0.15, 0.2) is 36.7 Å². The van der Waals surface area contributed by atoms with Gasteiger partial charge in [-0.15, -0.1) is 10.2 Å². The summed E-state index contributed by atoms with van der Waals surface area (Å²) < 4.78 is 14.0. The SMILES string of the molecule is Cn1cccc1-c1nnc2ccc(C(=O)N3CCC4(CC3)COC(=O)O4)cn12. The largest absolute Gasteiger partial charge is 0.509 e. The van der Waals surface area contributed by atoms with Crippen molar-refractivity contribution in [3.8, 4) is 11.5 Å². The highest BCUT2D eigenvalue weighted by Crippen LogP contribution is 2.32. The van der Waals surface area contributed by atoms with E-state index in [1.165, 1.54) is 0 Å². The van der Waals surface area contributed by atoms with Crippen molar-refractivity contribution in [2.45, 2.75) is 18.4 Å². The van der Waals surface area contributed by atoms with Crippen LogP contribution in [0.25, 0.3) is 17.2 Å². The molecule has 0 radical (unpaired) electrons. The lowest BCUT2D eigenvalue weighted by Crippen LogP contribution is -2.48. The molecule has 0 atom stereocenters. The first-order chi connectivity index (χ1) is 13.5. The summed E-state index contributed by atoms with van der Waals surface area (Å²) in [7, 11) is 1.94. The normalized spacial score (nSPS) is 18.5. The van der Waals surface area contributed by atoms with E-state index in [0.717, 1.165) is 5.69 Å². The smallest absolute Gasteiger partial charge is 0.430 e. The van der Waals surface area contributed by atoms with Crippen LogP contribution in [0, 0.1) is 0 Å². The van der Waals surface area contributed by atoms with E-state index in [9.17, 15) is 9.59 Å². The fourth-order valence-electron chi connectivity index (χ4n) is 3.86. The third-order valence-electron chi connectivity index (χ3n) is 5.54. The van der Waals surface area contributed by atoms with E-state index in [-0.39, 0.29) is 12.5 Å². The maximum absolute atomic E-state index is 13.0. The van der Waals surface area contributed by atoms with Gasteiger partial charge in [0, 0.05) is 45.4 Å². The summed E-state index contributed by atoms with van der Waals surface area (Å²) in [5.74, 6) is 0.623. The van der Waals surface area contributed by atoms with Crippen molar-refractivity contribution in [3.05, 3.63) is 42.2 Å². The molecule has 5 heterocycles. The molecule has 0 aliphatic carbocycles. The van der Waals surface area contributed by atoms with Gasteiger partial charge in [0.15, 0.2) is 17.1 Å². The van der Waals surface area contributed by atoms with E-state index >= 15 is 0 Å². The van der Waals surface area contributed by atoms with Gasteiger partial charge >= 0.3 is 6.16 Å². The second-order valence-electron chi connectivity index (χ2n) is 7.29. The molecule has 3 aromatic rings. The quantitative estimate of drug-likeness (QED) is 0.630. The molecule has 2 aliphatic rings. The monoisotopic (exact) mass is 381 g/mol. The molecule has 9 heteroatoms. The minimum Gasteiger partial charge on any atom is -0.430 e. The Labute approximate surface area is 160 Å². The fraction of sp³-hybridized carbons (Fsp3) is 0.368.